The zero-order valence-electron chi connectivity index (χ0n) is 16.0. The van der Waals surface area contributed by atoms with E-state index in [1.807, 2.05) is 6.07 Å². The number of fused-ring (bicyclic) bond motifs is 3. The zero-order chi connectivity index (χ0) is 19.5. The van der Waals surface area contributed by atoms with Gasteiger partial charge in [-0.25, -0.2) is 8.78 Å². The van der Waals surface area contributed by atoms with Crippen molar-refractivity contribution in [2.24, 2.45) is 0 Å². The summed E-state index contributed by atoms with van der Waals surface area (Å²) in [5.41, 5.74) is 7.93. The van der Waals surface area contributed by atoms with Crippen LogP contribution in [0.3, 0.4) is 0 Å². The third kappa shape index (κ3) is 3.99. The van der Waals surface area contributed by atoms with Crippen LogP contribution in [-0.2, 0) is 19.3 Å². The van der Waals surface area contributed by atoms with Gasteiger partial charge in [-0.15, -0.1) is 0 Å². The van der Waals surface area contributed by atoms with E-state index in [0.717, 1.165) is 30.9 Å². The van der Waals surface area contributed by atoms with Crippen molar-refractivity contribution >= 4 is 0 Å². The van der Waals surface area contributed by atoms with E-state index < -0.39 is 11.6 Å². The molecular formula is C26H22F2. The fourth-order valence-corrected chi connectivity index (χ4v) is 3.83. The van der Waals surface area contributed by atoms with Crippen LogP contribution in [0.2, 0.25) is 0 Å². The number of rotatable bonds is 3. The van der Waals surface area contributed by atoms with Crippen molar-refractivity contribution < 1.29 is 8.78 Å². The van der Waals surface area contributed by atoms with E-state index in [2.05, 4.69) is 49.1 Å². The molecule has 0 heterocycles. The lowest BCUT2D eigenvalue weighted by molar-refractivity contribution is 0.582. The molecule has 0 amide bonds. The first-order chi connectivity index (χ1) is 13.6. The molecule has 0 aromatic heterocycles. The van der Waals surface area contributed by atoms with Crippen molar-refractivity contribution in [1.82, 2.24) is 0 Å². The molecule has 2 heteroatoms. The SMILES string of the molecule is CCCCc1ccc2c(c1)CCc1cc(C#Cc3cc(F)cc(F)c3)ccc1-2. The van der Waals surface area contributed by atoms with Gasteiger partial charge in [-0.2, -0.15) is 0 Å². The number of benzene rings is 3. The highest BCUT2D eigenvalue weighted by Crippen LogP contribution is 2.34. The summed E-state index contributed by atoms with van der Waals surface area (Å²) in [6.07, 6.45) is 5.61. The molecule has 0 radical (unpaired) electrons. The highest BCUT2D eigenvalue weighted by atomic mass is 19.1. The van der Waals surface area contributed by atoms with E-state index in [1.54, 1.807) is 0 Å². The van der Waals surface area contributed by atoms with Gasteiger partial charge in [0, 0.05) is 17.2 Å². The lowest BCUT2D eigenvalue weighted by Gasteiger charge is -2.21. The molecule has 0 bridgehead atoms. The van der Waals surface area contributed by atoms with Gasteiger partial charge < -0.3 is 0 Å². The third-order valence-corrected chi connectivity index (χ3v) is 5.26. The second-order valence-electron chi connectivity index (χ2n) is 7.38. The molecule has 0 unspecified atom stereocenters. The molecule has 0 aliphatic heterocycles. The van der Waals surface area contributed by atoms with Gasteiger partial charge in [0.25, 0.3) is 0 Å². The molecule has 3 aromatic rings. The Morgan fingerprint density at radius 3 is 2.11 bits per heavy atom. The molecule has 1 aliphatic rings. The Morgan fingerprint density at radius 2 is 1.39 bits per heavy atom. The van der Waals surface area contributed by atoms with Gasteiger partial charge in [0.05, 0.1) is 0 Å². The van der Waals surface area contributed by atoms with Gasteiger partial charge >= 0.3 is 0 Å². The van der Waals surface area contributed by atoms with Crippen LogP contribution in [0.5, 0.6) is 0 Å². The molecular weight excluding hydrogens is 350 g/mol. The smallest absolute Gasteiger partial charge is 0.127 e. The minimum Gasteiger partial charge on any atom is -0.207 e. The van der Waals surface area contributed by atoms with Crippen LogP contribution in [0.15, 0.2) is 54.6 Å². The van der Waals surface area contributed by atoms with Gasteiger partial charge in [0.15, 0.2) is 0 Å². The summed E-state index contributed by atoms with van der Waals surface area (Å²) >= 11 is 0. The number of unbranched alkanes of at least 4 members (excludes halogenated alkanes) is 1. The van der Waals surface area contributed by atoms with E-state index >= 15 is 0 Å². The molecule has 3 aromatic carbocycles. The Morgan fingerprint density at radius 1 is 0.750 bits per heavy atom. The van der Waals surface area contributed by atoms with Gasteiger partial charge in [0.2, 0.25) is 0 Å². The van der Waals surface area contributed by atoms with E-state index in [9.17, 15) is 8.78 Å². The van der Waals surface area contributed by atoms with E-state index in [1.165, 1.54) is 52.8 Å². The average Bonchev–Trinajstić information content (AvgIpc) is 2.69. The van der Waals surface area contributed by atoms with Crippen molar-refractivity contribution in [1.29, 1.82) is 0 Å². The Balaban J connectivity index is 1.61. The largest absolute Gasteiger partial charge is 0.207 e. The summed E-state index contributed by atoms with van der Waals surface area (Å²) in [5, 5.41) is 0. The predicted octanol–water partition coefficient (Wildman–Crippen LogP) is 6.47. The van der Waals surface area contributed by atoms with Crippen LogP contribution >= 0.6 is 0 Å². The lowest BCUT2D eigenvalue weighted by atomic mass is 9.83. The molecule has 1 aliphatic carbocycles. The molecule has 0 fully saturated rings. The molecule has 0 saturated carbocycles. The minimum atomic E-state index is -0.607. The lowest BCUT2D eigenvalue weighted by Crippen LogP contribution is -2.05. The van der Waals surface area contributed by atoms with Crippen LogP contribution in [-0.4, -0.2) is 0 Å². The van der Waals surface area contributed by atoms with Crippen LogP contribution in [0, 0.1) is 23.5 Å². The highest BCUT2D eigenvalue weighted by Gasteiger charge is 2.16. The Kier molecular flexibility index (Phi) is 5.26. The average molecular weight is 372 g/mol. The summed E-state index contributed by atoms with van der Waals surface area (Å²) in [4.78, 5) is 0. The standard InChI is InChI=1S/C26H22F2/c1-2-3-4-18-7-11-25-21(13-18)9-10-22-14-19(8-12-26(22)25)5-6-20-15-23(27)17-24(28)16-20/h7-8,11-17H,2-4,9-10H2,1H3. The van der Waals surface area contributed by atoms with Crippen molar-refractivity contribution in [3.05, 3.63) is 94.0 Å². The van der Waals surface area contributed by atoms with Crippen molar-refractivity contribution in [2.75, 3.05) is 0 Å². The monoisotopic (exact) mass is 372 g/mol. The highest BCUT2D eigenvalue weighted by molar-refractivity contribution is 5.74. The first kappa shape index (κ1) is 18.4. The Labute approximate surface area is 165 Å². The normalized spacial score (nSPS) is 12.0. The second kappa shape index (κ2) is 7.98. The maximum absolute atomic E-state index is 13.3. The maximum Gasteiger partial charge on any atom is 0.127 e. The molecule has 0 spiro atoms. The van der Waals surface area contributed by atoms with E-state index in [-0.39, 0.29) is 0 Å². The van der Waals surface area contributed by atoms with Crippen molar-refractivity contribution in [3.8, 4) is 23.0 Å². The topological polar surface area (TPSA) is 0 Å². The van der Waals surface area contributed by atoms with Gasteiger partial charge in [0.1, 0.15) is 11.6 Å². The molecule has 0 nitrogen and oxygen atoms in total. The van der Waals surface area contributed by atoms with Gasteiger partial charge in [-0.05, 0) is 77.8 Å². The van der Waals surface area contributed by atoms with Crippen LogP contribution < -0.4 is 0 Å². The molecule has 4 rings (SSSR count). The first-order valence-corrected chi connectivity index (χ1v) is 9.85. The van der Waals surface area contributed by atoms with Crippen LogP contribution in [0.1, 0.15) is 47.6 Å². The summed E-state index contributed by atoms with van der Waals surface area (Å²) in [7, 11) is 0. The van der Waals surface area contributed by atoms with Crippen molar-refractivity contribution in [3.63, 3.8) is 0 Å². The number of aryl methyl sites for hydroxylation is 3. The maximum atomic E-state index is 13.3. The summed E-state index contributed by atoms with van der Waals surface area (Å²) < 4.78 is 26.6. The minimum absolute atomic E-state index is 0.347. The molecule has 0 saturated heterocycles. The van der Waals surface area contributed by atoms with Crippen LogP contribution in [0.25, 0.3) is 11.1 Å². The van der Waals surface area contributed by atoms with E-state index in [0.29, 0.717) is 5.56 Å². The summed E-state index contributed by atoms with van der Waals surface area (Å²) in [5.74, 6) is 4.69. The van der Waals surface area contributed by atoms with Gasteiger partial charge in [-0.3, -0.25) is 0 Å². The second-order valence-corrected chi connectivity index (χ2v) is 7.38. The first-order valence-electron chi connectivity index (χ1n) is 9.85. The molecule has 28 heavy (non-hydrogen) atoms. The quantitative estimate of drug-likeness (QED) is 0.462. The zero-order valence-corrected chi connectivity index (χ0v) is 16.0. The fraction of sp³-hybridized carbons (Fsp3) is 0.231. The number of hydrogen-bond donors (Lipinski definition) is 0. The summed E-state index contributed by atoms with van der Waals surface area (Å²) in [6.45, 7) is 2.22. The van der Waals surface area contributed by atoms with Crippen molar-refractivity contribution in [2.45, 2.75) is 39.0 Å². The molecule has 140 valence electrons. The third-order valence-electron chi connectivity index (χ3n) is 5.26. The van der Waals surface area contributed by atoms with E-state index in [4.69, 9.17) is 0 Å². The number of halogens is 2. The van der Waals surface area contributed by atoms with Crippen LogP contribution in [0.4, 0.5) is 8.78 Å². The fourth-order valence-electron chi connectivity index (χ4n) is 3.83. The predicted molar refractivity (Wildman–Crippen MR) is 110 cm³/mol. The molecule has 0 N–H and O–H groups in total. The summed E-state index contributed by atoms with van der Waals surface area (Å²) in [6, 6.07) is 16.4. The Hall–Kier alpha value is -2.92. The van der Waals surface area contributed by atoms with Gasteiger partial charge in [-0.1, -0.05) is 49.5 Å². The molecule has 0 atom stereocenters. The Bertz CT molecular complexity index is 1060. The number of hydrogen-bond acceptors (Lipinski definition) is 0.